The van der Waals surface area contributed by atoms with Crippen molar-refractivity contribution in [1.82, 2.24) is 4.98 Å². The van der Waals surface area contributed by atoms with Crippen molar-refractivity contribution in [1.29, 1.82) is 0 Å². The molecule has 0 saturated carbocycles. The molecule has 4 nitrogen and oxygen atoms in total. The fourth-order valence-corrected chi connectivity index (χ4v) is 3.24. The highest BCUT2D eigenvalue weighted by atomic mass is 32.1. The van der Waals surface area contributed by atoms with Crippen LogP contribution in [0.3, 0.4) is 0 Å². The molecule has 7 heteroatoms. The van der Waals surface area contributed by atoms with Crippen LogP contribution >= 0.6 is 11.3 Å². The Morgan fingerprint density at radius 1 is 1.08 bits per heavy atom. The van der Waals surface area contributed by atoms with Gasteiger partial charge in [0.1, 0.15) is 17.3 Å². The van der Waals surface area contributed by atoms with Crippen molar-refractivity contribution in [2.24, 2.45) is 0 Å². The molecule has 124 valence electrons. The summed E-state index contributed by atoms with van der Waals surface area (Å²) in [7, 11) is 0. The number of anilines is 2. The van der Waals surface area contributed by atoms with Crippen LogP contribution in [0.2, 0.25) is 0 Å². The number of amides is 2. The summed E-state index contributed by atoms with van der Waals surface area (Å²) in [6, 6.07) is 8.48. The van der Waals surface area contributed by atoms with Crippen molar-refractivity contribution in [3.8, 4) is 0 Å². The van der Waals surface area contributed by atoms with Gasteiger partial charge in [-0.05, 0) is 29.7 Å². The topological polar surface area (TPSA) is 54.0 Å². The lowest BCUT2D eigenvalue weighted by molar-refractivity contribution is 0.262. The lowest BCUT2D eigenvalue weighted by atomic mass is 10.0. The number of halogens is 2. The summed E-state index contributed by atoms with van der Waals surface area (Å²) >= 11 is 1.31. The second kappa shape index (κ2) is 6.52. The Kier molecular flexibility index (Phi) is 4.44. The third-order valence-corrected chi connectivity index (χ3v) is 4.43. The molecule has 3 rings (SSSR count). The van der Waals surface area contributed by atoms with Gasteiger partial charge in [0.05, 0.1) is 10.2 Å². The minimum atomic E-state index is -0.837. The average Bonchev–Trinajstić information content (AvgIpc) is 2.92. The van der Waals surface area contributed by atoms with Gasteiger partial charge in [-0.2, -0.15) is 0 Å². The van der Waals surface area contributed by atoms with Crippen LogP contribution in [0.4, 0.5) is 24.4 Å². The molecule has 1 aromatic heterocycles. The molecule has 0 atom stereocenters. The maximum Gasteiger partial charge on any atom is 0.325 e. The van der Waals surface area contributed by atoms with E-state index in [4.69, 9.17) is 0 Å². The highest BCUT2D eigenvalue weighted by molar-refractivity contribution is 7.22. The van der Waals surface area contributed by atoms with Gasteiger partial charge in [0.15, 0.2) is 5.13 Å². The number of hydrogen-bond donors (Lipinski definition) is 2. The first-order chi connectivity index (χ1) is 11.5. The summed E-state index contributed by atoms with van der Waals surface area (Å²) < 4.78 is 28.1. The average molecular weight is 347 g/mol. The van der Waals surface area contributed by atoms with Crippen LogP contribution in [-0.2, 0) is 0 Å². The van der Waals surface area contributed by atoms with Gasteiger partial charge in [0, 0.05) is 0 Å². The number of nitrogens with one attached hydrogen (secondary N) is 2. The van der Waals surface area contributed by atoms with Gasteiger partial charge in [-0.3, -0.25) is 5.32 Å². The molecule has 0 aliphatic heterocycles. The Bertz CT molecular complexity index is 888. The molecule has 0 aliphatic carbocycles. The van der Waals surface area contributed by atoms with Crippen LogP contribution in [0, 0.1) is 11.6 Å². The van der Waals surface area contributed by atoms with Gasteiger partial charge in [0.2, 0.25) is 0 Å². The lowest BCUT2D eigenvalue weighted by Gasteiger charge is -2.07. The van der Waals surface area contributed by atoms with E-state index in [-0.39, 0.29) is 0 Å². The molecule has 0 spiro atoms. The van der Waals surface area contributed by atoms with E-state index in [1.165, 1.54) is 17.4 Å². The van der Waals surface area contributed by atoms with E-state index >= 15 is 0 Å². The van der Waals surface area contributed by atoms with Crippen LogP contribution in [0.25, 0.3) is 10.2 Å². The Balaban J connectivity index is 1.82. The molecule has 0 saturated heterocycles. The Hall–Kier alpha value is -2.54. The maximum atomic E-state index is 13.6. The van der Waals surface area contributed by atoms with Crippen LogP contribution in [-0.4, -0.2) is 11.0 Å². The predicted octanol–water partition coefficient (Wildman–Crippen LogP) is 5.34. The maximum absolute atomic E-state index is 13.6. The SMILES string of the molecule is CC(C)c1cccc2sc(NC(=O)Nc3c(F)cccc3F)nc12. The van der Waals surface area contributed by atoms with Crippen molar-refractivity contribution in [2.45, 2.75) is 19.8 Å². The third kappa shape index (κ3) is 3.21. The molecule has 0 fully saturated rings. The fourth-order valence-electron chi connectivity index (χ4n) is 2.35. The number of benzene rings is 2. The smallest absolute Gasteiger partial charge is 0.302 e. The summed E-state index contributed by atoms with van der Waals surface area (Å²) in [6.45, 7) is 4.13. The Labute approximate surface area is 141 Å². The van der Waals surface area contributed by atoms with Gasteiger partial charge < -0.3 is 5.32 Å². The normalized spacial score (nSPS) is 11.0. The summed E-state index contributed by atoms with van der Waals surface area (Å²) in [6.07, 6.45) is 0. The molecule has 2 N–H and O–H groups in total. The number of nitrogens with zero attached hydrogens (tertiary/aromatic N) is 1. The molecule has 3 aromatic rings. The first-order valence-corrected chi connectivity index (χ1v) is 8.19. The number of hydrogen-bond acceptors (Lipinski definition) is 3. The van der Waals surface area contributed by atoms with E-state index in [9.17, 15) is 13.6 Å². The number of carbonyl (C=O) groups is 1. The van der Waals surface area contributed by atoms with Gasteiger partial charge in [-0.1, -0.05) is 43.4 Å². The van der Waals surface area contributed by atoms with E-state index < -0.39 is 23.4 Å². The van der Waals surface area contributed by atoms with E-state index in [0.29, 0.717) is 11.0 Å². The molecule has 0 radical (unpaired) electrons. The molecule has 0 bridgehead atoms. The molecule has 2 amide bonds. The second-order valence-electron chi connectivity index (χ2n) is 5.54. The van der Waals surface area contributed by atoms with Crippen molar-refractivity contribution >= 4 is 38.4 Å². The van der Waals surface area contributed by atoms with Gasteiger partial charge in [-0.25, -0.2) is 18.6 Å². The highest BCUT2D eigenvalue weighted by Gasteiger charge is 2.15. The zero-order valence-corrected chi connectivity index (χ0v) is 13.9. The third-order valence-electron chi connectivity index (χ3n) is 3.49. The van der Waals surface area contributed by atoms with E-state index in [2.05, 4.69) is 29.5 Å². The number of aromatic nitrogens is 1. The van der Waals surface area contributed by atoms with E-state index in [1.54, 1.807) is 0 Å². The minimum Gasteiger partial charge on any atom is -0.302 e. The van der Waals surface area contributed by atoms with Crippen molar-refractivity contribution in [3.05, 3.63) is 53.6 Å². The molecular formula is C17H15F2N3OS. The molecule has 0 aliphatic rings. The van der Waals surface area contributed by atoms with Crippen LogP contribution in [0.5, 0.6) is 0 Å². The second-order valence-corrected chi connectivity index (χ2v) is 6.57. The Morgan fingerprint density at radius 3 is 2.42 bits per heavy atom. The number of carbonyl (C=O) groups excluding carboxylic acids is 1. The highest BCUT2D eigenvalue weighted by Crippen LogP contribution is 2.31. The molecule has 0 unspecified atom stereocenters. The van der Waals surface area contributed by atoms with Crippen molar-refractivity contribution in [3.63, 3.8) is 0 Å². The minimum absolute atomic E-state index is 0.296. The molecule has 24 heavy (non-hydrogen) atoms. The fraction of sp³-hybridized carbons (Fsp3) is 0.176. The predicted molar refractivity (Wildman–Crippen MR) is 92.7 cm³/mol. The van der Waals surface area contributed by atoms with Crippen molar-refractivity contribution in [2.75, 3.05) is 10.6 Å². The van der Waals surface area contributed by atoms with Crippen LogP contribution in [0.15, 0.2) is 36.4 Å². The molecule has 1 heterocycles. The lowest BCUT2D eigenvalue weighted by Crippen LogP contribution is -2.20. The van der Waals surface area contributed by atoms with Crippen LogP contribution in [0.1, 0.15) is 25.3 Å². The van der Waals surface area contributed by atoms with E-state index in [0.717, 1.165) is 27.9 Å². The number of fused-ring (bicyclic) bond motifs is 1. The van der Waals surface area contributed by atoms with Gasteiger partial charge in [0.25, 0.3) is 0 Å². The van der Waals surface area contributed by atoms with Crippen LogP contribution < -0.4 is 10.6 Å². The zero-order valence-electron chi connectivity index (χ0n) is 13.1. The summed E-state index contributed by atoms with van der Waals surface area (Å²) in [5.41, 5.74) is 1.42. The first-order valence-electron chi connectivity index (χ1n) is 7.37. The number of thiazole rings is 1. The molecular weight excluding hydrogens is 332 g/mol. The largest absolute Gasteiger partial charge is 0.325 e. The summed E-state index contributed by atoms with van der Waals surface area (Å²) in [4.78, 5) is 16.4. The molecule has 2 aromatic carbocycles. The summed E-state index contributed by atoms with van der Waals surface area (Å²) in [5.74, 6) is -1.38. The number of urea groups is 1. The summed E-state index contributed by atoms with van der Waals surface area (Å²) in [5, 5.41) is 5.07. The Morgan fingerprint density at radius 2 is 1.75 bits per heavy atom. The van der Waals surface area contributed by atoms with Gasteiger partial charge in [-0.15, -0.1) is 0 Å². The first kappa shape index (κ1) is 16.3. The quantitative estimate of drug-likeness (QED) is 0.672. The standard InChI is InChI=1S/C17H15F2N3OS/c1-9(2)10-5-3-8-13-14(10)21-17(24-13)22-16(23)20-15-11(18)6-4-7-12(15)19/h3-9H,1-2H3,(H2,20,21,22,23). The zero-order chi connectivity index (χ0) is 17.3. The van der Waals surface area contributed by atoms with Crippen molar-refractivity contribution < 1.29 is 13.6 Å². The van der Waals surface area contributed by atoms with Gasteiger partial charge >= 0.3 is 6.03 Å². The van der Waals surface area contributed by atoms with E-state index in [1.807, 2.05) is 18.2 Å². The number of para-hydroxylation sites is 2. The number of rotatable bonds is 3. The monoisotopic (exact) mass is 347 g/mol.